The second-order valence-electron chi connectivity index (χ2n) is 8.80. The molecular formula is C26H26ClF4N5O5. The van der Waals surface area contributed by atoms with Gasteiger partial charge in [-0.05, 0) is 42.8 Å². The summed E-state index contributed by atoms with van der Waals surface area (Å²) in [6.07, 6.45) is -3.62. The Labute approximate surface area is 236 Å². The molecule has 4 rings (SSSR count). The third kappa shape index (κ3) is 7.32. The van der Waals surface area contributed by atoms with Gasteiger partial charge in [-0.3, -0.25) is 9.59 Å². The topological polar surface area (TPSA) is 126 Å². The van der Waals surface area contributed by atoms with Gasteiger partial charge in [0.1, 0.15) is 0 Å². The second kappa shape index (κ2) is 13.0. The minimum Gasteiger partial charge on any atom is -0.494 e. The molecule has 1 aliphatic heterocycles. The number of carboxylic acids is 1. The van der Waals surface area contributed by atoms with Crippen molar-refractivity contribution in [2.24, 2.45) is 7.05 Å². The molecule has 3 aromatic rings. The highest BCUT2D eigenvalue weighted by Gasteiger charge is 2.38. The fraction of sp³-hybridized carbons (Fsp3) is 0.308. The minimum absolute atomic E-state index is 0.0192. The Bertz CT molecular complexity index is 1450. The van der Waals surface area contributed by atoms with Crippen LogP contribution in [0.4, 0.5) is 23.2 Å². The van der Waals surface area contributed by atoms with Crippen molar-refractivity contribution in [2.75, 3.05) is 38.6 Å². The molecule has 0 radical (unpaired) electrons. The van der Waals surface area contributed by atoms with E-state index in [-0.39, 0.29) is 22.5 Å². The van der Waals surface area contributed by atoms with Gasteiger partial charge in [0.2, 0.25) is 0 Å². The first-order chi connectivity index (χ1) is 19.3. The molecule has 2 aromatic carbocycles. The maximum atomic E-state index is 14.4. The third-order valence-electron chi connectivity index (χ3n) is 6.10. The van der Waals surface area contributed by atoms with Crippen molar-refractivity contribution in [3.63, 3.8) is 0 Å². The van der Waals surface area contributed by atoms with Crippen molar-refractivity contribution in [3.05, 3.63) is 64.3 Å². The molecule has 3 N–H and O–H groups in total. The molecule has 0 atom stereocenters. The fourth-order valence-electron chi connectivity index (χ4n) is 3.96. The van der Waals surface area contributed by atoms with E-state index in [2.05, 4.69) is 15.6 Å². The number of aliphatic carboxylic acids is 1. The van der Waals surface area contributed by atoms with E-state index >= 15 is 0 Å². The van der Waals surface area contributed by atoms with Gasteiger partial charge in [-0.15, -0.1) is 0 Å². The standard InChI is InChI=1S/C24H25ClFN5O3.C2HF3O2/c1-14-12-15(4-5-16(14)24(33)31-10-8-27-9-11-31)29-23(32)22-28-13-18(30(22)2)17-6-7-19(34-3)21(26)20(17)25;3-2(4,5)1(6)7/h4-7,12-13,27H,8-11H2,1-3H3,(H,29,32);(H,6,7). The van der Waals surface area contributed by atoms with Crippen LogP contribution in [0.5, 0.6) is 5.75 Å². The number of nitrogens with zero attached hydrogens (tertiary/aromatic N) is 3. The number of hydrogen-bond donors (Lipinski definition) is 3. The number of nitrogens with one attached hydrogen (secondary N) is 2. The fourth-order valence-corrected chi connectivity index (χ4v) is 4.22. The maximum Gasteiger partial charge on any atom is 0.490 e. The maximum absolute atomic E-state index is 14.4. The van der Waals surface area contributed by atoms with E-state index in [1.165, 1.54) is 23.9 Å². The molecule has 15 heteroatoms. The highest BCUT2D eigenvalue weighted by atomic mass is 35.5. The Kier molecular flexibility index (Phi) is 9.94. The van der Waals surface area contributed by atoms with Crippen LogP contribution in [-0.2, 0) is 11.8 Å². The van der Waals surface area contributed by atoms with E-state index in [0.717, 1.165) is 18.7 Å². The SMILES string of the molecule is COc1ccc(-c2cnc(C(=O)Nc3ccc(C(=O)N4CCNCC4)c(C)c3)n2C)c(Cl)c1F.O=C(O)C(F)(F)F. The average Bonchev–Trinajstić information content (AvgIpc) is 3.31. The van der Waals surface area contributed by atoms with Crippen LogP contribution in [0.3, 0.4) is 0 Å². The van der Waals surface area contributed by atoms with Gasteiger partial charge in [-0.1, -0.05) is 11.6 Å². The number of aryl methyl sites for hydroxylation is 1. The Morgan fingerprint density at radius 1 is 1.15 bits per heavy atom. The number of alkyl halides is 3. The number of methoxy groups -OCH3 is 1. The summed E-state index contributed by atoms with van der Waals surface area (Å²) in [5, 5.41) is 13.0. The lowest BCUT2D eigenvalue weighted by atomic mass is 10.1. The van der Waals surface area contributed by atoms with E-state index in [4.69, 9.17) is 26.2 Å². The van der Waals surface area contributed by atoms with Gasteiger partial charge < -0.3 is 29.9 Å². The highest BCUT2D eigenvalue weighted by Crippen LogP contribution is 2.35. The number of carbonyl (C=O) groups excluding carboxylic acids is 2. The number of hydrogen-bond acceptors (Lipinski definition) is 6. The zero-order valence-corrected chi connectivity index (χ0v) is 22.9. The summed E-state index contributed by atoms with van der Waals surface area (Å²) in [6.45, 7) is 4.73. The summed E-state index contributed by atoms with van der Waals surface area (Å²) in [5.41, 5.74) is 2.78. The molecule has 220 valence electrons. The van der Waals surface area contributed by atoms with Crippen molar-refractivity contribution in [1.29, 1.82) is 0 Å². The summed E-state index contributed by atoms with van der Waals surface area (Å²) in [5.74, 6) is -3.75. The monoisotopic (exact) mass is 599 g/mol. The number of amides is 2. The predicted octanol–water partition coefficient (Wildman–Crippen LogP) is 4.13. The molecule has 0 spiro atoms. The molecular weight excluding hydrogens is 574 g/mol. The van der Waals surface area contributed by atoms with Crippen LogP contribution in [0.25, 0.3) is 11.3 Å². The lowest BCUT2D eigenvalue weighted by Gasteiger charge is -2.28. The Morgan fingerprint density at radius 2 is 1.78 bits per heavy atom. The number of imidazole rings is 1. The summed E-state index contributed by atoms with van der Waals surface area (Å²) in [4.78, 5) is 40.6. The quantitative estimate of drug-likeness (QED) is 0.377. The molecule has 0 bridgehead atoms. The van der Waals surface area contributed by atoms with Crippen LogP contribution in [-0.4, -0.2) is 76.8 Å². The number of carboxylic acid groups (broad SMARTS) is 1. The van der Waals surface area contributed by atoms with Crippen LogP contribution in [0.2, 0.25) is 5.02 Å². The minimum atomic E-state index is -5.08. The largest absolute Gasteiger partial charge is 0.494 e. The van der Waals surface area contributed by atoms with Crippen LogP contribution in [0, 0.1) is 12.7 Å². The molecule has 2 amide bonds. The van der Waals surface area contributed by atoms with Crippen molar-refractivity contribution >= 4 is 35.1 Å². The molecule has 1 aromatic heterocycles. The zero-order chi connectivity index (χ0) is 30.5. The molecule has 10 nitrogen and oxygen atoms in total. The van der Waals surface area contributed by atoms with Crippen LogP contribution >= 0.6 is 11.6 Å². The molecule has 1 fully saturated rings. The lowest BCUT2D eigenvalue weighted by Crippen LogP contribution is -2.46. The van der Waals surface area contributed by atoms with E-state index < -0.39 is 23.9 Å². The van der Waals surface area contributed by atoms with Gasteiger partial charge >= 0.3 is 12.1 Å². The van der Waals surface area contributed by atoms with E-state index in [1.807, 2.05) is 11.8 Å². The molecule has 2 heterocycles. The number of benzene rings is 2. The van der Waals surface area contributed by atoms with Gasteiger partial charge in [0.15, 0.2) is 17.4 Å². The van der Waals surface area contributed by atoms with Gasteiger partial charge in [0.05, 0.1) is 24.0 Å². The van der Waals surface area contributed by atoms with E-state index in [0.29, 0.717) is 35.6 Å². The lowest BCUT2D eigenvalue weighted by molar-refractivity contribution is -0.192. The van der Waals surface area contributed by atoms with Crippen molar-refractivity contribution in [3.8, 4) is 17.0 Å². The van der Waals surface area contributed by atoms with Gasteiger partial charge in [0, 0.05) is 50.0 Å². The first-order valence-corrected chi connectivity index (χ1v) is 12.4. The highest BCUT2D eigenvalue weighted by molar-refractivity contribution is 6.33. The predicted molar refractivity (Wildman–Crippen MR) is 142 cm³/mol. The molecule has 0 aliphatic carbocycles. The number of piperazine rings is 1. The molecule has 0 saturated carbocycles. The van der Waals surface area contributed by atoms with Crippen LogP contribution in [0.15, 0.2) is 36.5 Å². The van der Waals surface area contributed by atoms with Gasteiger partial charge in [-0.2, -0.15) is 13.2 Å². The molecule has 41 heavy (non-hydrogen) atoms. The summed E-state index contributed by atoms with van der Waals surface area (Å²) in [7, 11) is 3.01. The van der Waals surface area contributed by atoms with Crippen LogP contribution < -0.4 is 15.4 Å². The Balaban J connectivity index is 0.000000587. The summed E-state index contributed by atoms with van der Waals surface area (Å²) < 4.78 is 52.6. The number of ether oxygens (including phenoxy) is 1. The van der Waals surface area contributed by atoms with Gasteiger partial charge in [-0.25, -0.2) is 14.2 Å². The number of carbonyl (C=O) groups is 3. The number of halogens is 5. The molecule has 1 saturated heterocycles. The summed E-state index contributed by atoms with van der Waals surface area (Å²) >= 11 is 6.18. The van der Waals surface area contributed by atoms with Crippen molar-refractivity contribution in [1.82, 2.24) is 19.8 Å². The average molecular weight is 600 g/mol. The number of anilines is 1. The van der Waals surface area contributed by atoms with Crippen molar-refractivity contribution in [2.45, 2.75) is 13.1 Å². The van der Waals surface area contributed by atoms with E-state index in [9.17, 15) is 27.2 Å². The first-order valence-electron chi connectivity index (χ1n) is 12.0. The normalized spacial score (nSPS) is 13.2. The smallest absolute Gasteiger partial charge is 0.490 e. The van der Waals surface area contributed by atoms with Crippen LogP contribution in [0.1, 0.15) is 26.5 Å². The second-order valence-corrected chi connectivity index (χ2v) is 9.18. The Hall–Kier alpha value is -4.17. The van der Waals surface area contributed by atoms with Gasteiger partial charge in [0.25, 0.3) is 11.8 Å². The number of rotatable bonds is 5. The first kappa shape index (κ1) is 31.4. The van der Waals surface area contributed by atoms with E-state index in [1.54, 1.807) is 31.3 Å². The third-order valence-corrected chi connectivity index (χ3v) is 6.46. The molecule has 1 aliphatic rings. The molecule has 0 unspecified atom stereocenters. The summed E-state index contributed by atoms with van der Waals surface area (Å²) in [6, 6.07) is 8.25. The number of aromatic nitrogens is 2. The van der Waals surface area contributed by atoms with Crippen molar-refractivity contribution < 1.29 is 41.8 Å². The zero-order valence-electron chi connectivity index (χ0n) is 22.1. The Morgan fingerprint density at radius 3 is 2.34 bits per heavy atom.